The van der Waals surface area contributed by atoms with Crippen LogP contribution in [0.4, 0.5) is 36.4 Å². The van der Waals surface area contributed by atoms with Crippen LogP contribution in [-0.2, 0) is 0 Å². The molecule has 9 heteroatoms. The van der Waals surface area contributed by atoms with Crippen molar-refractivity contribution < 1.29 is 17.9 Å². The zero-order valence-electron chi connectivity index (χ0n) is 16.1. The van der Waals surface area contributed by atoms with Gasteiger partial charge in [-0.2, -0.15) is 28.1 Å². The minimum atomic E-state index is -4.54. The molecule has 0 saturated carbocycles. The first-order chi connectivity index (χ1) is 13.8. The first kappa shape index (κ1) is 20.4. The molecule has 3 rings (SSSR count). The Morgan fingerprint density at radius 3 is 1.72 bits per heavy atom. The number of hydrogen-bond acceptors (Lipinski definition) is 6. The molecular formula is C20H20F3N5O. The second kappa shape index (κ2) is 8.34. The van der Waals surface area contributed by atoms with Gasteiger partial charge in [-0.25, -0.2) is 0 Å². The van der Waals surface area contributed by atoms with E-state index in [9.17, 15) is 13.2 Å². The number of hydrogen-bond donors (Lipinski definition) is 0. The molecule has 0 spiro atoms. The van der Waals surface area contributed by atoms with E-state index in [1.54, 1.807) is 23.9 Å². The first-order valence-electron chi connectivity index (χ1n) is 8.82. The lowest BCUT2D eigenvalue weighted by Crippen LogP contribution is -2.32. The monoisotopic (exact) mass is 403 g/mol. The van der Waals surface area contributed by atoms with Gasteiger partial charge in [-0.15, -0.1) is 0 Å². The molecule has 0 aliphatic carbocycles. The van der Waals surface area contributed by atoms with Gasteiger partial charge in [0.2, 0.25) is 11.9 Å². The summed E-state index contributed by atoms with van der Waals surface area (Å²) in [7, 11) is 3.37. The molecule has 0 N–H and O–H groups in total. The minimum absolute atomic E-state index is 0.144. The second-order valence-corrected chi connectivity index (χ2v) is 6.42. The van der Waals surface area contributed by atoms with Gasteiger partial charge in [0.05, 0.1) is 0 Å². The van der Waals surface area contributed by atoms with Gasteiger partial charge in [0.1, 0.15) is 0 Å². The number of aromatic nitrogens is 3. The van der Waals surface area contributed by atoms with Crippen molar-refractivity contribution in [1.29, 1.82) is 0 Å². The summed E-state index contributed by atoms with van der Waals surface area (Å²) in [5.41, 5.74) is 1.48. The molecule has 1 aromatic heterocycles. The van der Waals surface area contributed by atoms with E-state index in [0.29, 0.717) is 0 Å². The summed E-state index contributed by atoms with van der Waals surface area (Å²) in [5, 5.41) is 0. The number of halogens is 3. The minimum Gasteiger partial charge on any atom is -0.451 e. The second-order valence-electron chi connectivity index (χ2n) is 6.42. The van der Waals surface area contributed by atoms with Crippen LogP contribution in [0.25, 0.3) is 0 Å². The zero-order chi connectivity index (χ0) is 21.0. The molecule has 0 saturated heterocycles. The van der Waals surface area contributed by atoms with E-state index in [1.165, 1.54) is 0 Å². The zero-order valence-corrected chi connectivity index (χ0v) is 16.1. The van der Waals surface area contributed by atoms with Crippen LogP contribution in [0, 0.1) is 0 Å². The fourth-order valence-electron chi connectivity index (χ4n) is 2.45. The summed E-state index contributed by atoms with van der Waals surface area (Å²) in [5.74, 6) is 0.321. The maximum absolute atomic E-state index is 13.0. The van der Waals surface area contributed by atoms with Crippen LogP contribution in [-0.4, -0.2) is 41.3 Å². The van der Waals surface area contributed by atoms with Crippen LogP contribution in [0.2, 0.25) is 0 Å². The number of nitrogens with zero attached hydrogens (tertiary/aromatic N) is 5. The van der Waals surface area contributed by atoms with Crippen LogP contribution in [0.1, 0.15) is 6.92 Å². The van der Waals surface area contributed by atoms with Gasteiger partial charge in [-0.05, 0) is 31.2 Å². The SMILES string of the molecule is CC(Oc1nc(N(C)C)nc(N(c2ccccc2)c2ccccc2)n1)C(F)(F)F. The van der Waals surface area contributed by atoms with Gasteiger partial charge in [-0.1, -0.05) is 36.4 Å². The average molecular weight is 403 g/mol. The van der Waals surface area contributed by atoms with Crippen LogP contribution in [0.5, 0.6) is 6.01 Å². The van der Waals surface area contributed by atoms with E-state index in [2.05, 4.69) is 15.0 Å². The Labute approximate surface area is 166 Å². The number of benzene rings is 2. The predicted molar refractivity (Wildman–Crippen MR) is 105 cm³/mol. The molecule has 29 heavy (non-hydrogen) atoms. The highest BCUT2D eigenvalue weighted by Crippen LogP contribution is 2.33. The quantitative estimate of drug-likeness (QED) is 0.593. The van der Waals surface area contributed by atoms with Crippen molar-refractivity contribution in [2.24, 2.45) is 0 Å². The lowest BCUT2D eigenvalue weighted by Gasteiger charge is -2.25. The fourth-order valence-corrected chi connectivity index (χ4v) is 2.45. The summed E-state index contributed by atoms with van der Waals surface area (Å²) >= 11 is 0. The Balaban J connectivity index is 2.12. The highest BCUT2D eigenvalue weighted by atomic mass is 19.4. The van der Waals surface area contributed by atoms with Gasteiger partial charge < -0.3 is 9.64 Å². The van der Waals surface area contributed by atoms with Gasteiger partial charge >= 0.3 is 12.2 Å². The number of rotatable bonds is 6. The maximum atomic E-state index is 13.0. The molecule has 2 aromatic carbocycles. The predicted octanol–water partition coefficient (Wildman–Crippen LogP) is 4.74. The lowest BCUT2D eigenvalue weighted by atomic mass is 10.2. The molecule has 6 nitrogen and oxygen atoms in total. The van der Waals surface area contributed by atoms with Crippen molar-refractivity contribution >= 4 is 23.3 Å². The molecule has 1 heterocycles. The molecule has 3 aromatic rings. The first-order valence-corrected chi connectivity index (χ1v) is 8.82. The number of anilines is 4. The Hall–Kier alpha value is -3.36. The summed E-state index contributed by atoms with van der Waals surface area (Å²) in [6.45, 7) is 0.908. The van der Waals surface area contributed by atoms with Gasteiger partial charge in [0.15, 0.2) is 6.10 Å². The summed E-state index contributed by atoms with van der Waals surface area (Å²) in [6.07, 6.45) is -6.60. The molecular weight excluding hydrogens is 383 g/mol. The van der Waals surface area contributed by atoms with E-state index >= 15 is 0 Å². The van der Waals surface area contributed by atoms with E-state index in [-0.39, 0.29) is 11.9 Å². The molecule has 0 aliphatic rings. The molecule has 152 valence electrons. The molecule has 1 atom stereocenters. The maximum Gasteiger partial charge on any atom is 0.425 e. The van der Waals surface area contributed by atoms with E-state index in [1.807, 2.05) is 60.7 Å². The van der Waals surface area contributed by atoms with Crippen molar-refractivity contribution in [2.75, 3.05) is 23.9 Å². The van der Waals surface area contributed by atoms with E-state index in [4.69, 9.17) is 4.74 Å². The van der Waals surface area contributed by atoms with Crippen LogP contribution >= 0.6 is 0 Å². The molecule has 0 fully saturated rings. The van der Waals surface area contributed by atoms with E-state index < -0.39 is 18.3 Å². The third kappa shape index (κ3) is 4.92. The molecule has 1 unspecified atom stereocenters. The molecule has 0 aliphatic heterocycles. The number of ether oxygens (including phenoxy) is 1. The van der Waals surface area contributed by atoms with Crippen LogP contribution in [0.15, 0.2) is 60.7 Å². The number of alkyl halides is 3. The normalized spacial score (nSPS) is 12.3. The Morgan fingerprint density at radius 1 is 0.793 bits per heavy atom. The average Bonchev–Trinajstić information content (AvgIpc) is 2.69. The summed E-state index contributed by atoms with van der Waals surface area (Å²) in [6, 6.07) is 18.1. The van der Waals surface area contributed by atoms with Gasteiger partial charge in [-0.3, -0.25) is 4.90 Å². The number of para-hydroxylation sites is 2. The van der Waals surface area contributed by atoms with Crippen molar-refractivity contribution in [3.05, 3.63) is 60.7 Å². The third-order valence-electron chi connectivity index (χ3n) is 3.96. The standard InChI is InChI=1S/C20H20F3N5O/c1-14(20(21,22)23)29-19-25-17(27(2)3)24-18(26-19)28(15-10-6-4-7-11-15)16-12-8-5-9-13-16/h4-14H,1-3H3. The van der Waals surface area contributed by atoms with Crippen molar-refractivity contribution in [3.8, 4) is 6.01 Å². The highest BCUT2D eigenvalue weighted by Gasteiger charge is 2.39. The highest BCUT2D eigenvalue weighted by molar-refractivity contribution is 5.72. The van der Waals surface area contributed by atoms with Crippen molar-refractivity contribution in [2.45, 2.75) is 19.2 Å². The third-order valence-corrected chi connectivity index (χ3v) is 3.96. The molecule has 0 bridgehead atoms. The van der Waals surface area contributed by atoms with Crippen LogP contribution in [0.3, 0.4) is 0 Å². The Morgan fingerprint density at radius 2 is 1.28 bits per heavy atom. The van der Waals surface area contributed by atoms with E-state index in [0.717, 1.165) is 18.3 Å². The molecule has 0 amide bonds. The fraction of sp³-hybridized carbons (Fsp3) is 0.250. The Kier molecular flexibility index (Phi) is 5.86. The summed E-state index contributed by atoms with van der Waals surface area (Å²) < 4.78 is 43.9. The van der Waals surface area contributed by atoms with Crippen LogP contribution < -0.4 is 14.5 Å². The largest absolute Gasteiger partial charge is 0.451 e. The smallest absolute Gasteiger partial charge is 0.425 e. The van der Waals surface area contributed by atoms with Crippen molar-refractivity contribution in [3.63, 3.8) is 0 Å². The lowest BCUT2D eigenvalue weighted by molar-refractivity contribution is -0.190. The van der Waals surface area contributed by atoms with Gasteiger partial charge in [0.25, 0.3) is 0 Å². The van der Waals surface area contributed by atoms with Gasteiger partial charge in [0, 0.05) is 25.5 Å². The summed E-state index contributed by atoms with van der Waals surface area (Å²) in [4.78, 5) is 15.9. The van der Waals surface area contributed by atoms with Crippen molar-refractivity contribution in [1.82, 2.24) is 15.0 Å². The molecule has 0 radical (unpaired) electrons. The Bertz CT molecular complexity index is 896. The topological polar surface area (TPSA) is 54.4 Å².